The van der Waals surface area contributed by atoms with Crippen molar-refractivity contribution < 1.29 is 14.3 Å². The molecule has 1 saturated heterocycles. The predicted octanol–water partition coefficient (Wildman–Crippen LogP) is 2.52. The predicted molar refractivity (Wildman–Crippen MR) is 98.1 cm³/mol. The third-order valence-electron chi connectivity index (χ3n) is 4.24. The van der Waals surface area contributed by atoms with Crippen LogP contribution in [-0.4, -0.2) is 60.6 Å². The number of piperazine rings is 1. The van der Waals surface area contributed by atoms with E-state index in [0.29, 0.717) is 37.5 Å². The van der Waals surface area contributed by atoms with Crippen LogP contribution in [-0.2, 0) is 6.42 Å². The molecule has 0 aliphatic carbocycles. The van der Waals surface area contributed by atoms with Gasteiger partial charge in [0.2, 0.25) is 0 Å². The highest BCUT2D eigenvalue weighted by Gasteiger charge is 2.27. The largest absolute Gasteiger partial charge is 0.496 e. The van der Waals surface area contributed by atoms with Gasteiger partial charge >= 0.3 is 6.03 Å². The average Bonchev–Trinajstić information content (AvgIpc) is 2.59. The zero-order chi connectivity index (χ0) is 18.6. The summed E-state index contributed by atoms with van der Waals surface area (Å²) in [6.07, 6.45) is 0.866. The number of nitrogens with zero attached hydrogens (tertiary/aromatic N) is 2. The van der Waals surface area contributed by atoms with Crippen molar-refractivity contribution in [3.63, 3.8) is 0 Å². The van der Waals surface area contributed by atoms with Crippen molar-refractivity contribution in [3.8, 4) is 5.75 Å². The van der Waals surface area contributed by atoms with Crippen molar-refractivity contribution in [2.24, 2.45) is 0 Å². The molecule has 1 aromatic carbocycles. The Balaban J connectivity index is 2.03. The fraction of sp³-hybridized carbons (Fsp3) is 0.579. The van der Waals surface area contributed by atoms with Crippen LogP contribution in [0.5, 0.6) is 5.75 Å². The number of methoxy groups -OCH3 is 1. The normalized spacial score (nSPS) is 15.1. The third kappa shape index (κ3) is 4.87. The lowest BCUT2D eigenvalue weighted by molar-refractivity contribution is 0.0658. The molecule has 0 bridgehead atoms. The number of carbonyl (C=O) groups is 2. The van der Waals surface area contributed by atoms with E-state index in [1.54, 1.807) is 16.9 Å². The second-order valence-electron chi connectivity index (χ2n) is 7.35. The summed E-state index contributed by atoms with van der Waals surface area (Å²) in [6, 6.07) is 5.65. The van der Waals surface area contributed by atoms with Gasteiger partial charge in [0.1, 0.15) is 5.75 Å². The number of aryl methyl sites for hydroxylation is 1. The first kappa shape index (κ1) is 19.1. The summed E-state index contributed by atoms with van der Waals surface area (Å²) < 4.78 is 5.35. The van der Waals surface area contributed by atoms with Crippen molar-refractivity contribution in [2.45, 2.75) is 39.7 Å². The van der Waals surface area contributed by atoms with Gasteiger partial charge < -0.3 is 19.9 Å². The highest BCUT2D eigenvalue weighted by Crippen LogP contribution is 2.22. The van der Waals surface area contributed by atoms with Crippen LogP contribution >= 0.6 is 0 Å². The van der Waals surface area contributed by atoms with E-state index in [1.807, 2.05) is 39.0 Å². The fourth-order valence-electron chi connectivity index (χ4n) is 2.83. The van der Waals surface area contributed by atoms with E-state index >= 15 is 0 Å². The molecule has 1 aliphatic rings. The Morgan fingerprint density at radius 3 is 2.24 bits per heavy atom. The number of hydrogen-bond donors (Lipinski definition) is 1. The molecule has 1 aromatic rings. The minimum Gasteiger partial charge on any atom is -0.496 e. The quantitative estimate of drug-likeness (QED) is 0.914. The van der Waals surface area contributed by atoms with Crippen LogP contribution in [0.25, 0.3) is 0 Å². The number of amides is 3. The Kier molecular flexibility index (Phi) is 5.93. The van der Waals surface area contributed by atoms with E-state index in [2.05, 4.69) is 12.2 Å². The lowest BCUT2D eigenvalue weighted by atomic mass is 10.1. The minimum absolute atomic E-state index is 0.0389. The molecule has 0 unspecified atom stereocenters. The summed E-state index contributed by atoms with van der Waals surface area (Å²) >= 11 is 0. The molecule has 1 heterocycles. The van der Waals surface area contributed by atoms with E-state index in [1.165, 1.54) is 0 Å². The molecule has 138 valence electrons. The number of benzene rings is 1. The first-order chi connectivity index (χ1) is 11.7. The van der Waals surface area contributed by atoms with Gasteiger partial charge in [0.15, 0.2) is 0 Å². The van der Waals surface area contributed by atoms with Gasteiger partial charge in [-0.2, -0.15) is 0 Å². The van der Waals surface area contributed by atoms with E-state index in [4.69, 9.17) is 4.74 Å². The lowest BCUT2D eigenvalue weighted by Crippen LogP contribution is -2.56. The molecule has 6 nitrogen and oxygen atoms in total. The lowest BCUT2D eigenvalue weighted by Gasteiger charge is -2.36. The number of carbonyl (C=O) groups excluding carboxylic acids is 2. The van der Waals surface area contributed by atoms with Gasteiger partial charge in [-0.3, -0.25) is 4.79 Å². The maximum Gasteiger partial charge on any atom is 0.317 e. The topological polar surface area (TPSA) is 61.9 Å². The van der Waals surface area contributed by atoms with Crippen molar-refractivity contribution in [1.29, 1.82) is 0 Å². The minimum atomic E-state index is -0.266. The summed E-state index contributed by atoms with van der Waals surface area (Å²) in [6.45, 7) is 10.0. The van der Waals surface area contributed by atoms with Gasteiger partial charge in [-0.05, 0) is 44.9 Å². The molecular weight excluding hydrogens is 318 g/mol. The van der Waals surface area contributed by atoms with Gasteiger partial charge in [-0.1, -0.05) is 13.0 Å². The number of hydrogen-bond acceptors (Lipinski definition) is 3. The van der Waals surface area contributed by atoms with E-state index in [0.717, 1.165) is 12.0 Å². The van der Waals surface area contributed by atoms with Crippen LogP contribution in [0.15, 0.2) is 18.2 Å². The van der Waals surface area contributed by atoms with Gasteiger partial charge in [0.25, 0.3) is 5.91 Å². The molecule has 2 rings (SSSR count). The van der Waals surface area contributed by atoms with Crippen molar-refractivity contribution in [3.05, 3.63) is 29.3 Å². The maximum absolute atomic E-state index is 12.9. The van der Waals surface area contributed by atoms with Crippen LogP contribution in [0.4, 0.5) is 4.79 Å². The Bertz CT molecular complexity index is 629. The van der Waals surface area contributed by atoms with E-state index < -0.39 is 0 Å². The molecule has 6 heteroatoms. The standard InChI is InChI=1S/C19H29N3O3/c1-6-14-7-8-16(25-5)15(13-14)17(23)21-9-11-22(12-10-21)18(24)20-19(2,3)4/h7-8,13H,6,9-12H2,1-5H3,(H,20,24). The summed E-state index contributed by atoms with van der Waals surface area (Å²) in [5.74, 6) is 0.554. The summed E-state index contributed by atoms with van der Waals surface area (Å²) in [5.41, 5.74) is 1.43. The molecule has 1 N–H and O–H groups in total. The van der Waals surface area contributed by atoms with Crippen LogP contribution in [0.3, 0.4) is 0 Å². The zero-order valence-corrected chi connectivity index (χ0v) is 15.9. The molecule has 0 saturated carbocycles. The summed E-state index contributed by atoms with van der Waals surface area (Å²) in [7, 11) is 1.58. The maximum atomic E-state index is 12.9. The zero-order valence-electron chi connectivity index (χ0n) is 15.9. The molecule has 3 amide bonds. The molecular formula is C19H29N3O3. The number of ether oxygens (including phenoxy) is 1. The Morgan fingerprint density at radius 1 is 1.12 bits per heavy atom. The van der Waals surface area contributed by atoms with Gasteiger partial charge in [-0.25, -0.2) is 4.79 Å². The van der Waals surface area contributed by atoms with Crippen LogP contribution in [0.1, 0.15) is 43.6 Å². The average molecular weight is 347 g/mol. The molecule has 25 heavy (non-hydrogen) atoms. The Labute approximate surface area is 150 Å². The highest BCUT2D eigenvalue weighted by atomic mass is 16.5. The molecule has 1 aliphatic heterocycles. The summed E-state index contributed by atoms with van der Waals surface area (Å²) in [4.78, 5) is 28.7. The van der Waals surface area contributed by atoms with Crippen molar-refractivity contribution in [1.82, 2.24) is 15.1 Å². The monoisotopic (exact) mass is 347 g/mol. The van der Waals surface area contributed by atoms with Crippen molar-refractivity contribution in [2.75, 3.05) is 33.3 Å². The molecule has 0 atom stereocenters. The third-order valence-corrected chi connectivity index (χ3v) is 4.24. The second kappa shape index (κ2) is 7.76. The van der Waals surface area contributed by atoms with E-state index in [9.17, 15) is 9.59 Å². The number of urea groups is 1. The molecule has 0 aromatic heterocycles. The fourth-order valence-corrected chi connectivity index (χ4v) is 2.83. The SMILES string of the molecule is CCc1ccc(OC)c(C(=O)N2CCN(C(=O)NC(C)(C)C)CC2)c1. The van der Waals surface area contributed by atoms with Gasteiger partial charge in [0, 0.05) is 31.7 Å². The number of rotatable bonds is 3. The molecule has 1 fully saturated rings. The molecule has 0 radical (unpaired) electrons. The molecule has 0 spiro atoms. The Morgan fingerprint density at radius 2 is 1.72 bits per heavy atom. The van der Waals surface area contributed by atoms with Crippen LogP contribution < -0.4 is 10.1 Å². The van der Waals surface area contributed by atoms with Crippen LogP contribution in [0.2, 0.25) is 0 Å². The van der Waals surface area contributed by atoms with Crippen molar-refractivity contribution >= 4 is 11.9 Å². The second-order valence-corrected chi connectivity index (χ2v) is 7.35. The summed E-state index contributed by atoms with van der Waals surface area (Å²) in [5, 5.41) is 2.96. The highest BCUT2D eigenvalue weighted by molar-refractivity contribution is 5.97. The van der Waals surface area contributed by atoms with Gasteiger partial charge in [0.05, 0.1) is 12.7 Å². The van der Waals surface area contributed by atoms with Crippen LogP contribution in [0, 0.1) is 0 Å². The Hall–Kier alpha value is -2.24. The smallest absolute Gasteiger partial charge is 0.317 e. The first-order valence-electron chi connectivity index (χ1n) is 8.78. The van der Waals surface area contributed by atoms with E-state index in [-0.39, 0.29) is 17.5 Å². The first-order valence-corrected chi connectivity index (χ1v) is 8.78. The number of nitrogens with one attached hydrogen (secondary N) is 1. The van der Waals surface area contributed by atoms with Gasteiger partial charge in [-0.15, -0.1) is 0 Å².